The highest BCUT2D eigenvalue weighted by Gasteiger charge is 2.30. The molecule has 0 aromatic heterocycles. The predicted molar refractivity (Wildman–Crippen MR) is 125 cm³/mol. The van der Waals surface area contributed by atoms with Gasteiger partial charge in [0, 0.05) is 12.6 Å². The lowest BCUT2D eigenvalue weighted by molar-refractivity contribution is -0.121. The molecule has 0 unspecified atom stereocenters. The molecule has 0 aliphatic carbocycles. The van der Waals surface area contributed by atoms with Crippen LogP contribution in [0.1, 0.15) is 23.6 Å². The molecule has 5 nitrogen and oxygen atoms in total. The molecular formula is C24H26N2O3S. The summed E-state index contributed by atoms with van der Waals surface area (Å²) in [5, 5.41) is 0.655. The first-order valence-electron chi connectivity index (χ1n) is 9.71. The van der Waals surface area contributed by atoms with Crippen LogP contribution in [0.4, 0.5) is 5.69 Å². The maximum atomic E-state index is 12.8. The van der Waals surface area contributed by atoms with E-state index < -0.39 is 0 Å². The molecule has 1 saturated heterocycles. The van der Waals surface area contributed by atoms with Crippen LogP contribution in [0.3, 0.4) is 0 Å². The van der Waals surface area contributed by atoms with Gasteiger partial charge in [-0.05, 0) is 66.1 Å². The molecular weight excluding hydrogens is 396 g/mol. The van der Waals surface area contributed by atoms with E-state index >= 15 is 0 Å². The Morgan fingerprint density at radius 2 is 1.90 bits per heavy atom. The maximum Gasteiger partial charge on any atom is 0.266 e. The number of aliphatic imine (C=N–C) groups is 1. The van der Waals surface area contributed by atoms with Crippen molar-refractivity contribution in [3.8, 4) is 11.5 Å². The number of amides is 1. The number of ether oxygens (including phenoxy) is 2. The van der Waals surface area contributed by atoms with Crippen LogP contribution in [0.2, 0.25) is 0 Å². The zero-order chi connectivity index (χ0) is 21.7. The minimum atomic E-state index is -0.0796. The predicted octanol–water partition coefficient (Wildman–Crippen LogP) is 5.23. The summed E-state index contributed by atoms with van der Waals surface area (Å²) in [4.78, 5) is 19.6. The number of rotatable bonds is 7. The first kappa shape index (κ1) is 21.7. The number of methoxy groups -OCH3 is 2. The normalized spacial score (nSPS) is 16.4. The van der Waals surface area contributed by atoms with Crippen molar-refractivity contribution in [1.29, 1.82) is 0 Å². The highest BCUT2D eigenvalue weighted by atomic mass is 32.2. The van der Waals surface area contributed by atoms with E-state index in [1.54, 1.807) is 26.2 Å². The SMILES string of the molecule is C=CCc1cc(/C=C2/SC(=Nc3ccc(CC)cc3)N(C)C2=O)cc(OC)c1OC. The van der Waals surface area contributed by atoms with Gasteiger partial charge >= 0.3 is 0 Å². The van der Waals surface area contributed by atoms with E-state index in [1.807, 2.05) is 36.4 Å². The van der Waals surface area contributed by atoms with E-state index in [9.17, 15) is 4.79 Å². The van der Waals surface area contributed by atoms with Gasteiger partial charge in [0.15, 0.2) is 16.7 Å². The number of aryl methyl sites for hydroxylation is 1. The molecule has 1 aliphatic rings. The average molecular weight is 423 g/mol. The first-order valence-corrected chi connectivity index (χ1v) is 10.5. The Labute approximate surface area is 182 Å². The average Bonchev–Trinajstić information content (AvgIpc) is 3.02. The molecule has 0 saturated carbocycles. The fourth-order valence-electron chi connectivity index (χ4n) is 3.18. The van der Waals surface area contributed by atoms with Crippen molar-refractivity contribution < 1.29 is 14.3 Å². The molecule has 2 aromatic carbocycles. The van der Waals surface area contributed by atoms with Crippen LogP contribution in [0.15, 0.2) is 59.0 Å². The van der Waals surface area contributed by atoms with Crippen molar-refractivity contribution in [1.82, 2.24) is 4.90 Å². The third kappa shape index (κ3) is 4.60. The van der Waals surface area contributed by atoms with Gasteiger partial charge in [0.05, 0.1) is 24.8 Å². The molecule has 6 heteroatoms. The van der Waals surface area contributed by atoms with E-state index in [1.165, 1.54) is 17.3 Å². The Morgan fingerprint density at radius 3 is 2.50 bits per heavy atom. The smallest absolute Gasteiger partial charge is 0.266 e. The Hall–Kier alpha value is -2.99. The number of amidine groups is 1. The fourth-order valence-corrected chi connectivity index (χ4v) is 4.16. The Balaban J connectivity index is 1.94. The number of allylic oxidation sites excluding steroid dienone is 1. The highest BCUT2D eigenvalue weighted by Crippen LogP contribution is 2.37. The molecule has 156 valence electrons. The van der Waals surface area contributed by atoms with E-state index in [0.29, 0.717) is 28.0 Å². The largest absolute Gasteiger partial charge is 0.493 e. The quantitative estimate of drug-likeness (QED) is 0.453. The minimum absolute atomic E-state index is 0.0796. The molecule has 1 amide bonds. The van der Waals surface area contributed by atoms with E-state index in [4.69, 9.17) is 9.47 Å². The molecule has 3 rings (SSSR count). The molecule has 1 fully saturated rings. The summed E-state index contributed by atoms with van der Waals surface area (Å²) < 4.78 is 11.0. The molecule has 0 bridgehead atoms. The van der Waals surface area contributed by atoms with Crippen molar-refractivity contribution in [3.05, 3.63) is 70.6 Å². The fraction of sp³-hybridized carbons (Fsp3) is 0.250. The summed E-state index contributed by atoms with van der Waals surface area (Å²) in [6, 6.07) is 11.9. The lowest BCUT2D eigenvalue weighted by Gasteiger charge is -2.13. The van der Waals surface area contributed by atoms with Crippen LogP contribution in [0.5, 0.6) is 11.5 Å². The standard InChI is InChI=1S/C24H26N2O3S/c1-6-8-18-13-17(14-20(28-4)22(18)29-5)15-21-23(27)26(3)24(30-21)25-19-11-9-16(7-2)10-12-19/h6,9-15H,1,7-8H2,2-5H3/b21-15+,25-24?. The van der Waals surface area contributed by atoms with Crippen molar-refractivity contribution in [2.24, 2.45) is 4.99 Å². The second kappa shape index (κ2) is 9.67. The molecule has 2 aromatic rings. The molecule has 0 radical (unpaired) electrons. The summed E-state index contributed by atoms with van der Waals surface area (Å²) in [5.74, 6) is 1.22. The number of likely N-dealkylation sites (N-methyl/N-ethyl adjacent to an activating group) is 1. The van der Waals surface area contributed by atoms with Crippen LogP contribution in [0.25, 0.3) is 6.08 Å². The number of thioether (sulfide) groups is 1. The third-order valence-corrected chi connectivity index (χ3v) is 5.87. The van der Waals surface area contributed by atoms with Crippen LogP contribution in [-0.4, -0.2) is 37.2 Å². The summed E-state index contributed by atoms with van der Waals surface area (Å²) in [6.45, 7) is 5.93. The van der Waals surface area contributed by atoms with Gasteiger partial charge in [-0.25, -0.2) is 4.99 Å². The van der Waals surface area contributed by atoms with Gasteiger partial charge < -0.3 is 9.47 Å². The van der Waals surface area contributed by atoms with Crippen LogP contribution in [0, 0.1) is 0 Å². The molecule has 30 heavy (non-hydrogen) atoms. The number of benzene rings is 2. The number of carbonyl (C=O) groups is 1. The number of nitrogens with zero attached hydrogens (tertiary/aromatic N) is 2. The van der Waals surface area contributed by atoms with Crippen molar-refractivity contribution in [2.75, 3.05) is 21.3 Å². The Kier molecular flexibility index (Phi) is 7.00. The Bertz CT molecular complexity index is 1010. The molecule has 1 aliphatic heterocycles. The first-order chi connectivity index (χ1) is 14.5. The summed E-state index contributed by atoms with van der Waals surface area (Å²) in [7, 11) is 4.96. The maximum absolute atomic E-state index is 12.8. The summed E-state index contributed by atoms with van der Waals surface area (Å²) in [6.07, 6.45) is 5.29. The molecule has 0 atom stereocenters. The highest BCUT2D eigenvalue weighted by molar-refractivity contribution is 8.18. The molecule has 0 N–H and O–H groups in total. The van der Waals surface area contributed by atoms with Gasteiger partial charge in [-0.1, -0.05) is 25.1 Å². The zero-order valence-corrected chi connectivity index (χ0v) is 18.6. The van der Waals surface area contributed by atoms with Gasteiger partial charge in [-0.3, -0.25) is 9.69 Å². The van der Waals surface area contributed by atoms with E-state index in [0.717, 1.165) is 23.2 Å². The number of hydrogen-bond donors (Lipinski definition) is 0. The summed E-state index contributed by atoms with van der Waals surface area (Å²) in [5.41, 5.74) is 3.90. The number of hydrogen-bond acceptors (Lipinski definition) is 5. The number of carbonyl (C=O) groups excluding carboxylic acids is 1. The zero-order valence-electron chi connectivity index (χ0n) is 17.8. The van der Waals surface area contributed by atoms with E-state index in [-0.39, 0.29) is 5.91 Å². The lowest BCUT2D eigenvalue weighted by Crippen LogP contribution is -2.23. The van der Waals surface area contributed by atoms with E-state index in [2.05, 4.69) is 30.6 Å². The van der Waals surface area contributed by atoms with Crippen molar-refractivity contribution in [3.63, 3.8) is 0 Å². The third-order valence-electron chi connectivity index (χ3n) is 4.81. The van der Waals surface area contributed by atoms with Gasteiger partial charge in [-0.2, -0.15) is 0 Å². The summed E-state index contributed by atoms with van der Waals surface area (Å²) >= 11 is 1.36. The van der Waals surface area contributed by atoms with Crippen molar-refractivity contribution >= 4 is 34.6 Å². The molecule has 1 heterocycles. The van der Waals surface area contributed by atoms with Crippen LogP contribution >= 0.6 is 11.8 Å². The second-order valence-corrected chi connectivity index (χ2v) is 7.81. The van der Waals surface area contributed by atoms with Crippen molar-refractivity contribution in [2.45, 2.75) is 19.8 Å². The lowest BCUT2D eigenvalue weighted by atomic mass is 10.0. The second-order valence-electron chi connectivity index (χ2n) is 6.80. The minimum Gasteiger partial charge on any atom is -0.493 e. The van der Waals surface area contributed by atoms with Gasteiger partial charge in [0.25, 0.3) is 5.91 Å². The van der Waals surface area contributed by atoms with Gasteiger partial charge in [0.2, 0.25) is 0 Å². The Morgan fingerprint density at radius 1 is 1.17 bits per heavy atom. The van der Waals surface area contributed by atoms with Crippen LogP contribution in [-0.2, 0) is 17.6 Å². The van der Waals surface area contributed by atoms with Crippen LogP contribution < -0.4 is 9.47 Å². The molecule has 0 spiro atoms. The van der Waals surface area contributed by atoms with Gasteiger partial charge in [0.1, 0.15) is 0 Å². The monoisotopic (exact) mass is 422 g/mol. The topological polar surface area (TPSA) is 51.1 Å². The van der Waals surface area contributed by atoms with Gasteiger partial charge in [-0.15, -0.1) is 6.58 Å².